The molecule has 1 fully saturated rings. The molecule has 176 valence electrons. The van der Waals surface area contributed by atoms with Crippen LogP contribution in [0.15, 0.2) is 36.4 Å². The molecule has 1 saturated heterocycles. The van der Waals surface area contributed by atoms with E-state index in [1.54, 1.807) is 0 Å². The van der Waals surface area contributed by atoms with Crippen LogP contribution in [0.4, 0.5) is 5.82 Å². The molecule has 1 aliphatic rings. The molecule has 1 atom stereocenters. The first-order valence-corrected chi connectivity index (χ1v) is 11.5. The zero-order valence-corrected chi connectivity index (χ0v) is 20.7. The Balaban J connectivity index is 1.97. The number of aryl methyl sites for hydroxylation is 1. The maximum absolute atomic E-state index is 13.0. The number of rotatable bonds is 5. The van der Waals surface area contributed by atoms with E-state index in [9.17, 15) is 4.79 Å². The number of carbonyl (C=O) groups is 1. The summed E-state index contributed by atoms with van der Waals surface area (Å²) in [6.45, 7) is 14.0. The molecule has 33 heavy (non-hydrogen) atoms. The largest absolute Gasteiger partial charge is 0.467 e. The highest BCUT2D eigenvalue weighted by atomic mass is 16.6. The molecule has 0 N–H and O–H groups in total. The molecule has 3 aromatic rings. The normalized spacial score (nSPS) is 16.9. The predicted octanol–water partition coefficient (Wildman–Crippen LogP) is 4.97. The van der Waals surface area contributed by atoms with E-state index in [1.807, 2.05) is 68.6 Å². The first-order chi connectivity index (χ1) is 15.5. The van der Waals surface area contributed by atoms with Crippen molar-refractivity contribution < 1.29 is 14.3 Å². The van der Waals surface area contributed by atoms with Crippen molar-refractivity contribution in [3.05, 3.63) is 47.7 Å². The third-order valence-electron chi connectivity index (χ3n) is 6.00. The number of hydrogen-bond donors (Lipinski definition) is 0. The van der Waals surface area contributed by atoms with Gasteiger partial charge in [-0.25, -0.2) is 9.78 Å². The lowest BCUT2D eigenvalue weighted by Gasteiger charge is -2.31. The molecular formula is C26H34N4O3. The van der Waals surface area contributed by atoms with Crippen LogP contribution in [0.1, 0.15) is 58.4 Å². The highest BCUT2D eigenvalue weighted by Crippen LogP contribution is 2.40. The van der Waals surface area contributed by atoms with Crippen LogP contribution >= 0.6 is 0 Å². The number of aromatic nitrogens is 3. The van der Waals surface area contributed by atoms with Gasteiger partial charge in [0.15, 0.2) is 11.8 Å². The second kappa shape index (κ2) is 8.45. The third kappa shape index (κ3) is 4.74. The second-order valence-corrected chi connectivity index (χ2v) is 10.6. The molecule has 0 spiro atoms. The summed E-state index contributed by atoms with van der Waals surface area (Å²) in [6, 6.07) is 12.1. The molecular weight excluding hydrogens is 416 g/mol. The molecule has 3 heterocycles. The lowest BCUT2D eigenvalue weighted by Crippen LogP contribution is -2.33. The van der Waals surface area contributed by atoms with E-state index in [2.05, 4.69) is 18.7 Å². The number of benzene rings is 1. The molecule has 0 amide bonds. The maximum atomic E-state index is 13.0. The minimum absolute atomic E-state index is 0.155. The summed E-state index contributed by atoms with van der Waals surface area (Å²) >= 11 is 0. The SMILES string of the molecule is COC(=O)C(OC(C)(C)C)c1c(C)nc2cc(-c3ccccc3)nn2c1N1CCC(C)(C)C1. The van der Waals surface area contributed by atoms with Gasteiger partial charge in [0, 0.05) is 30.4 Å². The minimum Gasteiger partial charge on any atom is -0.467 e. The van der Waals surface area contributed by atoms with Crippen molar-refractivity contribution in [2.24, 2.45) is 5.41 Å². The zero-order chi connectivity index (χ0) is 24.0. The van der Waals surface area contributed by atoms with Gasteiger partial charge in [-0.05, 0) is 39.5 Å². The molecule has 0 saturated carbocycles. The molecule has 7 nitrogen and oxygen atoms in total. The number of methoxy groups -OCH3 is 1. The van der Waals surface area contributed by atoms with E-state index < -0.39 is 17.7 Å². The number of anilines is 1. The van der Waals surface area contributed by atoms with Crippen LogP contribution in [0.5, 0.6) is 0 Å². The van der Waals surface area contributed by atoms with Crippen LogP contribution in [-0.2, 0) is 14.3 Å². The van der Waals surface area contributed by atoms with Gasteiger partial charge < -0.3 is 14.4 Å². The minimum atomic E-state index is -0.907. The van der Waals surface area contributed by atoms with Crippen molar-refractivity contribution in [2.45, 2.75) is 59.7 Å². The van der Waals surface area contributed by atoms with E-state index in [0.717, 1.165) is 47.9 Å². The number of nitrogens with zero attached hydrogens (tertiary/aromatic N) is 4. The number of hydrogen-bond acceptors (Lipinski definition) is 6. The Morgan fingerprint density at radius 2 is 1.88 bits per heavy atom. The van der Waals surface area contributed by atoms with Gasteiger partial charge in [-0.3, -0.25) is 0 Å². The fourth-order valence-corrected chi connectivity index (χ4v) is 4.45. The number of esters is 1. The van der Waals surface area contributed by atoms with E-state index in [4.69, 9.17) is 19.6 Å². The Bertz CT molecular complexity index is 1160. The molecule has 1 aliphatic heterocycles. The predicted molar refractivity (Wildman–Crippen MR) is 129 cm³/mol. The van der Waals surface area contributed by atoms with Crippen LogP contribution in [0.25, 0.3) is 16.9 Å². The monoisotopic (exact) mass is 450 g/mol. The molecule has 1 aromatic carbocycles. The Hall–Kier alpha value is -2.93. The Kier molecular flexibility index (Phi) is 5.95. The van der Waals surface area contributed by atoms with Gasteiger partial charge >= 0.3 is 5.97 Å². The second-order valence-electron chi connectivity index (χ2n) is 10.6. The van der Waals surface area contributed by atoms with Gasteiger partial charge in [-0.1, -0.05) is 44.2 Å². The third-order valence-corrected chi connectivity index (χ3v) is 6.00. The summed E-state index contributed by atoms with van der Waals surface area (Å²) in [5, 5.41) is 4.95. The number of ether oxygens (including phenoxy) is 2. The quantitative estimate of drug-likeness (QED) is 0.511. The molecule has 0 radical (unpaired) electrons. The first kappa shape index (κ1) is 23.2. The van der Waals surface area contributed by atoms with Crippen molar-refractivity contribution >= 4 is 17.4 Å². The smallest absolute Gasteiger partial charge is 0.339 e. The Labute approximate surface area is 195 Å². The van der Waals surface area contributed by atoms with Crippen molar-refractivity contribution in [3.8, 4) is 11.3 Å². The van der Waals surface area contributed by atoms with Crippen LogP contribution in [-0.4, -0.2) is 46.4 Å². The molecule has 2 aromatic heterocycles. The lowest BCUT2D eigenvalue weighted by atomic mass is 9.93. The lowest BCUT2D eigenvalue weighted by molar-refractivity contribution is -0.164. The van der Waals surface area contributed by atoms with Crippen LogP contribution in [0.2, 0.25) is 0 Å². The maximum Gasteiger partial charge on any atom is 0.339 e. The standard InChI is InChI=1S/C26H34N4O3/c1-17-21(22(24(31)32-7)33-25(2,3)4)23(29-14-13-26(5,6)16-29)30-20(27-17)15-19(28-30)18-11-9-8-10-12-18/h8-12,15,22H,13-14,16H2,1-7H3. The van der Waals surface area contributed by atoms with E-state index in [-0.39, 0.29) is 5.41 Å². The van der Waals surface area contributed by atoms with E-state index >= 15 is 0 Å². The van der Waals surface area contributed by atoms with Gasteiger partial charge in [0.05, 0.1) is 24.0 Å². The average molecular weight is 451 g/mol. The Morgan fingerprint density at radius 3 is 2.45 bits per heavy atom. The van der Waals surface area contributed by atoms with Gasteiger partial charge in [0.1, 0.15) is 5.82 Å². The van der Waals surface area contributed by atoms with Crippen LogP contribution < -0.4 is 4.90 Å². The summed E-state index contributed by atoms with van der Waals surface area (Å²) in [4.78, 5) is 20.1. The summed E-state index contributed by atoms with van der Waals surface area (Å²) < 4.78 is 13.3. The van der Waals surface area contributed by atoms with Gasteiger partial charge in [0.25, 0.3) is 0 Å². The highest BCUT2D eigenvalue weighted by Gasteiger charge is 2.38. The topological polar surface area (TPSA) is 69.0 Å². The summed E-state index contributed by atoms with van der Waals surface area (Å²) in [5.41, 5.74) is 3.65. The van der Waals surface area contributed by atoms with Crippen molar-refractivity contribution in [1.29, 1.82) is 0 Å². The average Bonchev–Trinajstić information content (AvgIpc) is 3.33. The molecule has 1 unspecified atom stereocenters. The molecule has 0 aliphatic carbocycles. The van der Waals surface area contributed by atoms with E-state index in [1.165, 1.54) is 7.11 Å². The highest BCUT2D eigenvalue weighted by molar-refractivity contribution is 5.80. The van der Waals surface area contributed by atoms with E-state index in [0.29, 0.717) is 5.56 Å². The van der Waals surface area contributed by atoms with Gasteiger partial charge in [-0.15, -0.1) is 0 Å². The summed E-state index contributed by atoms with van der Waals surface area (Å²) in [5.74, 6) is 0.411. The number of carbonyl (C=O) groups excluding carboxylic acids is 1. The van der Waals surface area contributed by atoms with Crippen LogP contribution in [0, 0.1) is 12.3 Å². The van der Waals surface area contributed by atoms with Crippen molar-refractivity contribution in [3.63, 3.8) is 0 Å². The van der Waals surface area contributed by atoms with Gasteiger partial charge in [-0.2, -0.15) is 9.61 Å². The molecule has 7 heteroatoms. The summed E-state index contributed by atoms with van der Waals surface area (Å²) in [7, 11) is 1.39. The Morgan fingerprint density at radius 1 is 1.18 bits per heavy atom. The molecule has 4 rings (SSSR count). The first-order valence-electron chi connectivity index (χ1n) is 11.5. The molecule has 0 bridgehead atoms. The fourth-order valence-electron chi connectivity index (χ4n) is 4.45. The fraction of sp³-hybridized carbons (Fsp3) is 0.500. The number of fused-ring (bicyclic) bond motifs is 1. The van der Waals surface area contributed by atoms with Crippen molar-refractivity contribution in [1.82, 2.24) is 14.6 Å². The zero-order valence-electron chi connectivity index (χ0n) is 20.7. The van der Waals surface area contributed by atoms with Crippen molar-refractivity contribution in [2.75, 3.05) is 25.1 Å². The van der Waals surface area contributed by atoms with Gasteiger partial charge in [0.2, 0.25) is 0 Å². The van der Waals surface area contributed by atoms with Crippen LogP contribution in [0.3, 0.4) is 0 Å². The summed E-state index contributed by atoms with van der Waals surface area (Å²) in [6.07, 6.45) is 0.139.